The van der Waals surface area contributed by atoms with Gasteiger partial charge >= 0.3 is 0 Å². The fourth-order valence-corrected chi connectivity index (χ4v) is 2.64. The maximum Gasteiger partial charge on any atom is 0.131 e. The van der Waals surface area contributed by atoms with Crippen LogP contribution in [0.3, 0.4) is 0 Å². The van der Waals surface area contributed by atoms with E-state index in [0.717, 1.165) is 17.5 Å². The summed E-state index contributed by atoms with van der Waals surface area (Å²) < 4.78 is 13.9. The van der Waals surface area contributed by atoms with E-state index in [1.54, 1.807) is 6.07 Å². The summed E-state index contributed by atoms with van der Waals surface area (Å²) in [5.41, 5.74) is 2.37. The Morgan fingerprint density at radius 1 is 0.857 bits per heavy atom. The summed E-state index contributed by atoms with van der Waals surface area (Å²) in [4.78, 5) is 0. The van der Waals surface area contributed by atoms with Crippen LogP contribution in [0, 0.1) is 5.82 Å². The number of benzene rings is 3. The van der Waals surface area contributed by atoms with Crippen LogP contribution in [0.1, 0.15) is 24.1 Å². The maximum atomic E-state index is 13.9. The van der Waals surface area contributed by atoms with Crippen molar-refractivity contribution >= 4 is 10.8 Å². The molecule has 0 aliphatic carbocycles. The lowest BCUT2D eigenvalue weighted by Gasteiger charge is -2.17. The fraction of sp³-hybridized carbons (Fsp3) is 0.158. The van der Waals surface area contributed by atoms with Crippen LogP contribution in [0.2, 0.25) is 0 Å². The zero-order valence-electron chi connectivity index (χ0n) is 12.0. The number of halogens is 1. The molecule has 106 valence electrons. The Labute approximate surface area is 124 Å². The van der Waals surface area contributed by atoms with Gasteiger partial charge in [-0.1, -0.05) is 60.7 Å². The smallest absolute Gasteiger partial charge is 0.131 e. The van der Waals surface area contributed by atoms with Crippen LogP contribution in [0.4, 0.5) is 4.39 Å². The van der Waals surface area contributed by atoms with Gasteiger partial charge in [-0.15, -0.1) is 0 Å². The highest BCUT2D eigenvalue weighted by atomic mass is 19.1. The van der Waals surface area contributed by atoms with Crippen molar-refractivity contribution < 1.29 is 4.39 Å². The first-order valence-electron chi connectivity index (χ1n) is 7.20. The molecule has 3 aromatic carbocycles. The summed E-state index contributed by atoms with van der Waals surface area (Å²) >= 11 is 0. The Balaban J connectivity index is 1.85. The van der Waals surface area contributed by atoms with Crippen LogP contribution in [-0.2, 0) is 6.54 Å². The molecule has 2 heteroatoms. The third kappa shape index (κ3) is 2.96. The van der Waals surface area contributed by atoms with E-state index < -0.39 is 0 Å². The average Bonchev–Trinajstić information content (AvgIpc) is 2.54. The van der Waals surface area contributed by atoms with E-state index in [0.29, 0.717) is 5.39 Å². The first-order valence-corrected chi connectivity index (χ1v) is 7.20. The van der Waals surface area contributed by atoms with E-state index in [9.17, 15) is 4.39 Å². The van der Waals surface area contributed by atoms with Gasteiger partial charge in [-0.05, 0) is 29.5 Å². The van der Waals surface area contributed by atoms with E-state index in [2.05, 4.69) is 24.4 Å². The Hall–Kier alpha value is -2.19. The van der Waals surface area contributed by atoms with Crippen molar-refractivity contribution in [3.05, 3.63) is 83.7 Å². The Morgan fingerprint density at radius 2 is 1.52 bits per heavy atom. The van der Waals surface area contributed by atoms with E-state index in [1.807, 2.05) is 48.5 Å². The highest BCUT2D eigenvalue weighted by Crippen LogP contribution is 2.26. The van der Waals surface area contributed by atoms with Crippen LogP contribution < -0.4 is 5.32 Å². The van der Waals surface area contributed by atoms with E-state index in [-0.39, 0.29) is 11.9 Å². The Kier molecular flexibility index (Phi) is 3.98. The van der Waals surface area contributed by atoms with Crippen molar-refractivity contribution in [2.75, 3.05) is 0 Å². The zero-order chi connectivity index (χ0) is 14.7. The van der Waals surface area contributed by atoms with E-state index in [4.69, 9.17) is 0 Å². The molecule has 3 rings (SSSR count). The van der Waals surface area contributed by atoms with Gasteiger partial charge in [-0.2, -0.15) is 0 Å². The standard InChI is InChI=1S/C19H18FN/c1-14(21-13-15-7-3-2-4-8-15)16-11-12-19(20)18-10-6-5-9-17(16)18/h2-12,14,21H,13H2,1H3/t14-/m1/s1. The molecule has 0 amide bonds. The fourth-order valence-electron chi connectivity index (χ4n) is 2.64. The second kappa shape index (κ2) is 6.06. The minimum absolute atomic E-state index is 0.162. The van der Waals surface area contributed by atoms with Gasteiger partial charge in [-0.3, -0.25) is 0 Å². The highest BCUT2D eigenvalue weighted by molar-refractivity contribution is 5.86. The lowest BCUT2D eigenvalue weighted by molar-refractivity contribution is 0.576. The Morgan fingerprint density at radius 3 is 2.29 bits per heavy atom. The first kappa shape index (κ1) is 13.8. The molecule has 1 nitrogen and oxygen atoms in total. The van der Waals surface area contributed by atoms with Gasteiger partial charge in [0.05, 0.1) is 0 Å². The SMILES string of the molecule is C[C@@H](NCc1ccccc1)c1ccc(F)c2ccccc12. The average molecular weight is 279 g/mol. The topological polar surface area (TPSA) is 12.0 Å². The number of fused-ring (bicyclic) bond motifs is 1. The second-order valence-corrected chi connectivity index (χ2v) is 5.27. The van der Waals surface area contributed by atoms with Crippen molar-refractivity contribution in [2.24, 2.45) is 0 Å². The van der Waals surface area contributed by atoms with Crippen molar-refractivity contribution in [2.45, 2.75) is 19.5 Å². The van der Waals surface area contributed by atoms with Gasteiger partial charge in [0.1, 0.15) is 5.82 Å². The van der Waals surface area contributed by atoms with E-state index >= 15 is 0 Å². The molecule has 0 heterocycles. The summed E-state index contributed by atoms with van der Waals surface area (Å²) in [5.74, 6) is -0.162. The molecule has 0 radical (unpaired) electrons. The second-order valence-electron chi connectivity index (χ2n) is 5.27. The van der Waals surface area contributed by atoms with Crippen LogP contribution in [-0.4, -0.2) is 0 Å². The minimum Gasteiger partial charge on any atom is -0.306 e. The number of rotatable bonds is 4. The quantitative estimate of drug-likeness (QED) is 0.721. The molecule has 1 atom stereocenters. The Bertz CT molecular complexity index is 737. The number of nitrogens with one attached hydrogen (secondary N) is 1. The molecular weight excluding hydrogens is 261 g/mol. The third-order valence-electron chi connectivity index (χ3n) is 3.83. The lowest BCUT2D eigenvalue weighted by Crippen LogP contribution is -2.18. The van der Waals surface area contributed by atoms with Gasteiger partial charge in [-0.25, -0.2) is 4.39 Å². The molecule has 0 unspecified atom stereocenters. The molecule has 0 aromatic heterocycles. The summed E-state index contributed by atoms with van der Waals surface area (Å²) in [6, 6.07) is 21.5. The van der Waals surface area contributed by atoms with Crippen molar-refractivity contribution in [1.29, 1.82) is 0 Å². The maximum absolute atomic E-state index is 13.9. The molecule has 0 spiro atoms. The van der Waals surface area contributed by atoms with Gasteiger partial charge in [0.15, 0.2) is 0 Å². The highest BCUT2D eigenvalue weighted by Gasteiger charge is 2.11. The predicted octanol–water partition coefficient (Wildman–Crippen LogP) is 4.83. The number of hydrogen-bond donors (Lipinski definition) is 1. The molecule has 21 heavy (non-hydrogen) atoms. The summed E-state index contributed by atoms with van der Waals surface area (Å²) in [6.45, 7) is 2.91. The van der Waals surface area contributed by atoms with Crippen LogP contribution in [0.5, 0.6) is 0 Å². The van der Waals surface area contributed by atoms with Crippen molar-refractivity contribution in [3.63, 3.8) is 0 Å². The molecule has 0 fully saturated rings. The van der Waals surface area contributed by atoms with Gasteiger partial charge in [0.25, 0.3) is 0 Å². The zero-order valence-corrected chi connectivity index (χ0v) is 12.0. The molecule has 0 bridgehead atoms. The summed E-state index contributed by atoms with van der Waals surface area (Å²) in [5, 5.41) is 5.17. The lowest BCUT2D eigenvalue weighted by atomic mass is 9.99. The molecule has 0 aliphatic rings. The van der Waals surface area contributed by atoms with Crippen LogP contribution >= 0.6 is 0 Å². The van der Waals surface area contributed by atoms with Gasteiger partial charge < -0.3 is 5.32 Å². The van der Waals surface area contributed by atoms with Crippen molar-refractivity contribution in [3.8, 4) is 0 Å². The monoisotopic (exact) mass is 279 g/mol. The van der Waals surface area contributed by atoms with Gasteiger partial charge in [0, 0.05) is 18.0 Å². The van der Waals surface area contributed by atoms with Gasteiger partial charge in [0.2, 0.25) is 0 Å². The first-order chi connectivity index (χ1) is 10.3. The molecule has 3 aromatic rings. The normalized spacial score (nSPS) is 12.5. The molecule has 0 saturated carbocycles. The molecule has 0 aliphatic heterocycles. The third-order valence-corrected chi connectivity index (χ3v) is 3.83. The largest absolute Gasteiger partial charge is 0.306 e. The number of hydrogen-bond acceptors (Lipinski definition) is 1. The molecular formula is C19H18FN. The van der Waals surface area contributed by atoms with Crippen molar-refractivity contribution in [1.82, 2.24) is 5.32 Å². The summed E-state index contributed by atoms with van der Waals surface area (Å²) in [6.07, 6.45) is 0. The summed E-state index contributed by atoms with van der Waals surface area (Å²) in [7, 11) is 0. The van der Waals surface area contributed by atoms with Crippen LogP contribution in [0.15, 0.2) is 66.7 Å². The molecule has 0 saturated heterocycles. The molecule has 1 N–H and O–H groups in total. The minimum atomic E-state index is -0.162. The van der Waals surface area contributed by atoms with E-state index in [1.165, 1.54) is 5.56 Å². The van der Waals surface area contributed by atoms with Crippen LogP contribution in [0.25, 0.3) is 10.8 Å². The predicted molar refractivity (Wildman–Crippen MR) is 85.6 cm³/mol.